The quantitative estimate of drug-likeness (QED) is 0.884. The SMILES string of the molecule is CCC(C(=O)O)(c1ccc(Cl)cc1C)[C@@H](C)C(F)(F)F. The van der Waals surface area contributed by atoms with Crippen LogP contribution in [-0.2, 0) is 10.2 Å². The van der Waals surface area contributed by atoms with Gasteiger partial charge in [-0.05, 0) is 36.6 Å². The summed E-state index contributed by atoms with van der Waals surface area (Å²) >= 11 is 5.79. The van der Waals surface area contributed by atoms with Crippen LogP contribution in [0.2, 0.25) is 5.02 Å². The molecular formula is C14H16ClF3O2. The van der Waals surface area contributed by atoms with Crippen molar-refractivity contribution in [1.29, 1.82) is 0 Å². The number of hydrogen-bond acceptors (Lipinski definition) is 1. The van der Waals surface area contributed by atoms with Crippen molar-refractivity contribution in [3.8, 4) is 0 Å². The number of aliphatic carboxylic acids is 1. The number of alkyl halides is 3. The van der Waals surface area contributed by atoms with Crippen LogP contribution in [-0.4, -0.2) is 17.3 Å². The van der Waals surface area contributed by atoms with Gasteiger partial charge in [0.15, 0.2) is 0 Å². The highest BCUT2D eigenvalue weighted by Crippen LogP contribution is 2.46. The summed E-state index contributed by atoms with van der Waals surface area (Å²) in [5.74, 6) is -3.48. The first kappa shape index (κ1) is 16.8. The van der Waals surface area contributed by atoms with E-state index in [9.17, 15) is 23.1 Å². The molecule has 1 aromatic rings. The highest BCUT2D eigenvalue weighted by atomic mass is 35.5. The van der Waals surface area contributed by atoms with Gasteiger partial charge in [0.1, 0.15) is 5.41 Å². The van der Waals surface area contributed by atoms with Crippen molar-refractivity contribution in [2.24, 2.45) is 5.92 Å². The van der Waals surface area contributed by atoms with E-state index in [-0.39, 0.29) is 12.0 Å². The Labute approximate surface area is 120 Å². The molecule has 2 nitrogen and oxygen atoms in total. The fourth-order valence-electron chi connectivity index (χ4n) is 2.59. The maximum Gasteiger partial charge on any atom is 0.392 e. The maximum absolute atomic E-state index is 13.1. The molecule has 0 saturated heterocycles. The Morgan fingerprint density at radius 3 is 2.30 bits per heavy atom. The lowest BCUT2D eigenvalue weighted by Crippen LogP contribution is -2.48. The molecule has 1 aromatic carbocycles. The van der Waals surface area contributed by atoms with Crippen LogP contribution in [0.3, 0.4) is 0 Å². The van der Waals surface area contributed by atoms with Gasteiger partial charge in [0, 0.05) is 5.02 Å². The van der Waals surface area contributed by atoms with Crippen molar-refractivity contribution in [2.45, 2.75) is 38.8 Å². The number of aryl methyl sites for hydroxylation is 1. The largest absolute Gasteiger partial charge is 0.481 e. The minimum Gasteiger partial charge on any atom is -0.481 e. The van der Waals surface area contributed by atoms with Crippen LogP contribution < -0.4 is 0 Å². The van der Waals surface area contributed by atoms with Crippen LogP contribution >= 0.6 is 11.6 Å². The summed E-state index contributed by atoms with van der Waals surface area (Å²) < 4.78 is 39.3. The third-order valence-corrected chi connectivity index (χ3v) is 4.07. The Balaban J connectivity index is 3.58. The highest BCUT2D eigenvalue weighted by Gasteiger charge is 2.55. The summed E-state index contributed by atoms with van der Waals surface area (Å²) in [5, 5.41) is 9.83. The molecule has 2 atom stereocenters. The standard InChI is InChI=1S/C14H16ClF3O2/c1-4-13(12(19)20,9(3)14(16,17)18)11-6-5-10(15)7-8(11)2/h5-7,9H,4H2,1-3H3,(H,19,20)/t9-,13?/m1/s1. The van der Waals surface area contributed by atoms with Crippen molar-refractivity contribution in [3.05, 3.63) is 34.3 Å². The Bertz CT molecular complexity index is 514. The van der Waals surface area contributed by atoms with Crippen LogP contribution in [0.1, 0.15) is 31.4 Å². The van der Waals surface area contributed by atoms with E-state index in [1.54, 1.807) is 6.92 Å². The zero-order chi connectivity index (χ0) is 15.7. The van der Waals surface area contributed by atoms with E-state index in [1.165, 1.54) is 25.1 Å². The lowest BCUT2D eigenvalue weighted by atomic mass is 9.67. The number of carbonyl (C=O) groups is 1. The van der Waals surface area contributed by atoms with E-state index in [1.807, 2.05) is 0 Å². The first-order chi connectivity index (χ1) is 9.07. The van der Waals surface area contributed by atoms with Gasteiger partial charge in [-0.25, -0.2) is 0 Å². The molecule has 0 saturated carbocycles. The van der Waals surface area contributed by atoms with Crippen molar-refractivity contribution < 1.29 is 23.1 Å². The summed E-state index contributed by atoms with van der Waals surface area (Å²) in [5.41, 5.74) is -1.41. The maximum atomic E-state index is 13.1. The molecule has 0 spiro atoms. The van der Waals surface area contributed by atoms with Gasteiger partial charge in [-0.15, -0.1) is 0 Å². The molecule has 6 heteroatoms. The molecule has 0 radical (unpaired) electrons. The second kappa shape index (κ2) is 5.64. The Kier molecular flexibility index (Phi) is 4.74. The van der Waals surface area contributed by atoms with Crippen LogP contribution in [0.15, 0.2) is 18.2 Å². The third-order valence-electron chi connectivity index (χ3n) is 3.84. The summed E-state index contributed by atoms with van der Waals surface area (Å²) in [6, 6.07) is 4.27. The normalized spacial score (nSPS) is 16.6. The third kappa shape index (κ3) is 2.77. The monoisotopic (exact) mass is 308 g/mol. The Morgan fingerprint density at radius 1 is 1.40 bits per heavy atom. The zero-order valence-electron chi connectivity index (χ0n) is 11.4. The van der Waals surface area contributed by atoms with Crippen molar-refractivity contribution in [2.75, 3.05) is 0 Å². The second-order valence-corrected chi connectivity index (χ2v) is 5.29. The minimum atomic E-state index is -4.60. The van der Waals surface area contributed by atoms with E-state index < -0.39 is 23.5 Å². The second-order valence-electron chi connectivity index (χ2n) is 4.85. The smallest absolute Gasteiger partial charge is 0.392 e. The Hall–Kier alpha value is -1.23. The number of hydrogen-bond donors (Lipinski definition) is 1. The number of carboxylic acids is 1. The fraction of sp³-hybridized carbons (Fsp3) is 0.500. The molecular weight excluding hydrogens is 293 g/mol. The molecule has 1 rings (SSSR count). The minimum absolute atomic E-state index is 0.154. The lowest BCUT2D eigenvalue weighted by molar-refractivity contribution is -0.198. The molecule has 0 aliphatic carbocycles. The summed E-state index contributed by atoms with van der Waals surface area (Å²) in [6.07, 6.45) is -4.76. The lowest BCUT2D eigenvalue weighted by Gasteiger charge is -2.37. The van der Waals surface area contributed by atoms with Crippen molar-refractivity contribution in [1.82, 2.24) is 0 Å². The van der Waals surface area contributed by atoms with E-state index in [4.69, 9.17) is 11.6 Å². The summed E-state index contributed by atoms with van der Waals surface area (Å²) in [7, 11) is 0. The molecule has 1 unspecified atom stereocenters. The molecule has 20 heavy (non-hydrogen) atoms. The number of halogens is 4. The molecule has 0 fully saturated rings. The fourth-order valence-corrected chi connectivity index (χ4v) is 2.82. The van der Waals surface area contributed by atoms with Gasteiger partial charge in [0.05, 0.1) is 5.92 Å². The first-order valence-electron chi connectivity index (χ1n) is 6.14. The average molecular weight is 309 g/mol. The molecule has 0 aliphatic heterocycles. The van der Waals surface area contributed by atoms with E-state index in [2.05, 4.69) is 0 Å². The van der Waals surface area contributed by atoms with Crippen LogP contribution in [0, 0.1) is 12.8 Å². The molecule has 112 valence electrons. The predicted molar refractivity (Wildman–Crippen MR) is 71.0 cm³/mol. The van der Waals surface area contributed by atoms with Gasteiger partial charge in [0.25, 0.3) is 0 Å². The predicted octanol–water partition coefficient (Wildman–Crippen LogP) is 4.58. The number of rotatable bonds is 4. The van der Waals surface area contributed by atoms with E-state index >= 15 is 0 Å². The van der Waals surface area contributed by atoms with Gasteiger partial charge in [-0.2, -0.15) is 13.2 Å². The van der Waals surface area contributed by atoms with Gasteiger partial charge >= 0.3 is 12.1 Å². The van der Waals surface area contributed by atoms with Crippen molar-refractivity contribution >= 4 is 17.6 Å². The molecule has 1 N–H and O–H groups in total. The number of benzene rings is 1. The molecule has 0 aromatic heterocycles. The van der Waals surface area contributed by atoms with Gasteiger partial charge < -0.3 is 5.11 Å². The Morgan fingerprint density at radius 2 is 1.95 bits per heavy atom. The van der Waals surface area contributed by atoms with Crippen molar-refractivity contribution in [3.63, 3.8) is 0 Å². The number of carboxylic acid groups (broad SMARTS) is 1. The van der Waals surface area contributed by atoms with E-state index in [0.29, 0.717) is 10.6 Å². The van der Waals surface area contributed by atoms with Crippen LogP contribution in [0.25, 0.3) is 0 Å². The first-order valence-corrected chi connectivity index (χ1v) is 6.52. The molecule has 0 bridgehead atoms. The van der Waals surface area contributed by atoms with E-state index in [0.717, 1.165) is 6.92 Å². The molecule has 0 aliphatic rings. The molecule has 0 heterocycles. The summed E-state index contributed by atoms with van der Waals surface area (Å²) in [6.45, 7) is 3.92. The topological polar surface area (TPSA) is 37.3 Å². The van der Waals surface area contributed by atoms with Gasteiger partial charge in [-0.1, -0.05) is 31.5 Å². The highest BCUT2D eigenvalue weighted by molar-refractivity contribution is 6.30. The van der Waals surface area contributed by atoms with Gasteiger partial charge in [0.2, 0.25) is 0 Å². The summed E-state index contributed by atoms with van der Waals surface area (Å²) in [4.78, 5) is 11.6. The molecule has 0 amide bonds. The van der Waals surface area contributed by atoms with Crippen LogP contribution in [0.5, 0.6) is 0 Å². The van der Waals surface area contributed by atoms with Crippen LogP contribution in [0.4, 0.5) is 13.2 Å². The zero-order valence-corrected chi connectivity index (χ0v) is 12.1. The average Bonchev–Trinajstić information content (AvgIpc) is 2.31. The van der Waals surface area contributed by atoms with Gasteiger partial charge in [-0.3, -0.25) is 4.79 Å².